The number of nitrogens with zero attached hydrogens (tertiary/aromatic N) is 5. The van der Waals surface area contributed by atoms with Crippen LogP contribution >= 0.6 is 0 Å². The predicted molar refractivity (Wildman–Crippen MR) is 151 cm³/mol. The fraction of sp³-hybridized carbons (Fsp3) is 0.333. The minimum absolute atomic E-state index is 0.106. The van der Waals surface area contributed by atoms with E-state index in [9.17, 15) is 9.18 Å². The molecular weight excluding hydrogens is 525 g/mol. The highest BCUT2D eigenvalue weighted by Crippen LogP contribution is 2.33. The first kappa shape index (κ1) is 27.0. The lowest BCUT2D eigenvalue weighted by molar-refractivity contribution is 0.133. The molecule has 2 atom stereocenters. The summed E-state index contributed by atoms with van der Waals surface area (Å²) in [6.45, 7) is 5.52. The highest BCUT2D eigenvalue weighted by molar-refractivity contribution is 5.91. The third-order valence-electron chi connectivity index (χ3n) is 7.69. The van der Waals surface area contributed by atoms with Gasteiger partial charge in [0.1, 0.15) is 5.82 Å². The maximum atomic E-state index is 14.0. The number of carbonyl (C=O) groups is 1. The van der Waals surface area contributed by atoms with E-state index in [0.29, 0.717) is 45.3 Å². The lowest BCUT2D eigenvalue weighted by Crippen LogP contribution is -2.42. The largest absolute Gasteiger partial charge is 0.383 e. The summed E-state index contributed by atoms with van der Waals surface area (Å²) in [4.78, 5) is 24.0. The van der Waals surface area contributed by atoms with Gasteiger partial charge in [0.2, 0.25) is 5.95 Å². The van der Waals surface area contributed by atoms with Gasteiger partial charge in [-0.05, 0) is 42.8 Å². The SMILES string of the molecule is COCCN1CC(NC(=O)Nc2c(C)c(-c3cnc4c(c3)COC4)nn2-c2ccccc2)C(c2ccnc(F)c2)C1. The zero-order valence-electron chi connectivity index (χ0n) is 23.0. The number of aromatic nitrogens is 4. The van der Waals surface area contributed by atoms with Gasteiger partial charge in [0.25, 0.3) is 0 Å². The smallest absolute Gasteiger partial charge is 0.320 e. The van der Waals surface area contributed by atoms with E-state index in [1.807, 2.05) is 37.3 Å². The number of hydrogen-bond donors (Lipinski definition) is 2. The molecule has 3 aromatic heterocycles. The molecule has 0 bridgehead atoms. The molecule has 0 aliphatic carbocycles. The van der Waals surface area contributed by atoms with E-state index in [2.05, 4.69) is 31.6 Å². The molecule has 6 rings (SSSR count). The molecule has 10 nitrogen and oxygen atoms in total. The van der Waals surface area contributed by atoms with Crippen LogP contribution in [0.2, 0.25) is 0 Å². The number of para-hydroxylation sites is 1. The number of halogens is 1. The molecule has 2 aliphatic rings. The molecule has 11 heteroatoms. The van der Waals surface area contributed by atoms with Crippen LogP contribution in [-0.2, 0) is 22.7 Å². The zero-order chi connectivity index (χ0) is 28.3. The van der Waals surface area contributed by atoms with Crippen LogP contribution in [0.5, 0.6) is 0 Å². The standard InChI is InChI=1S/C30H32FN7O3/c1-19-28(21-12-22-17-41-18-26(22)33-14-21)36-38(23-6-4-3-5-7-23)29(19)35-30(39)34-25-16-37(10-11-40-2)15-24(25)20-8-9-32-27(31)13-20/h3-9,12-14,24-25H,10-11,15-18H2,1-2H3,(H2,34,35,39). The molecule has 2 N–H and O–H groups in total. The van der Waals surface area contributed by atoms with Crippen molar-refractivity contribution in [1.82, 2.24) is 30.0 Å². The Labute approximate surface area is 237 Å². The summed E-state index contributed by atoms with van der Waals surface area (Å²) in [7, 11) is 1.66. The molecule has 4 aromatic rings. The second kappa shape index (κ2) is 11.7. The van der Waals surface area contributed by atoms with Gasteiger partial charge in [0.15, 0.2) is 0 Å². The van der Waals surface area contributed by atoms with Gasteiger partial charge in [-0.2, -0.15) is 9.49 Å². The monoisotopic (exact) mass is 557 g/mol. The van der Waals surface area contributed by atoms with E-state index >= 15 is 0 Å². The Kier molecular flexibility index (Phi) is 7.73. The normalized spacial score (nSPS) is 18.4. The van der Waals surface area contributed by atoms with Crippen LogP contribution in [0.3, 0.4) is 0 Å². The minimum Gasteiger partial charge on any atom is -0.383 e. The van der Waals surface area contributed by atoms with Crippen LogP contribution in [0.15, 0.2) is 60.9 Å². The van der Waals surface area contributed by atoms with Crippen molar-refractivity contribution in [3.8, 4) is 16.9 Å². The van der Waals surface area contributed by atoms with Crippen molar-refractivity contribution >= 4 is 11.8 Å². The molecule has 0 spiro atoms. The lowest BCUT2D eigenvalue weighted by Gasteiger charge is -2.21. The number of hydrogen-bond acceptors (Lipinski definition) is 7. The summed E-state index contributed by atoms with van der Waals surface area (Å²) in [6, 6.07) is 14.3. The number of fused-ring (bicyclic) bond motifs is 1. The van der Waals surface area contributed by atoms with E-state index in [1.54, 1.807) is 24.1 Å². The molecule has 1 fully saturated rings. The van der Waals surface area contributed by atoms with E-state index in [1.165, 1.54) is 12.3 Å². The quantitative estimate of drug-likeness (QED) is 0.315. The number of benzene rings is 1. The van der Waals surface area contributed by atoms with Crippen molar-refractivity contribution in [3.05, 3.63) is 89.3 Å². The molecule has 1 aromatic carbocycles. The number of urea groups is 1. The van der Waals surface area contributed by atoms with Crippen LogP contribution in [-0.4, -0.2) is 70.1 Å². The third-order valence-corrected chi connectivity index (χ3v) is 7.69. The Morgan fingerprint density at radius 2 is 2.00 bits per heavy atom. The molecule has 2 unspecified atom stereocenters. The second-order valence-corrected chi connectivity index (χ2v) is 10.4. The Balaban J connectivity index is 1.28. The van der Waals surface area contributed by atoms with Crippen molar-refractivity contribution in [2.75, 3.05) is 38.7 Å². The van der Waals surface area contributed by atoms with Gasteiger partial charge >= 0.3 is 6.03 Å². The van der Waals surface area contributed by atoms with E-state index in [0.717, 1.165) is 39.3 Å². The van der Waals surface area contributed by atoms with E-state index in [4.69, 9.17) is 14.6 Å². The summed E-state index contributed by atoms with van der Waals surface area (Å²) < 4.78 is 26.5. The van der Waals surface area contributed by atoms with Gasteiger partial charge < -0.3 is 14.8 Å². The average Bonchev–Trinajstić information content (AvgIpc) is 3.70. The molecule has 212 valence electrons. The number of likely N-dealkylation sites (tertiary alicyclic amines) is 1. The zero-order valence-corrected chi connectivity index (χ0v) is 23.0. The Hall–Kier alpha value is -4.19. The fourth-order valence-corrected chi connectivity index (χ4v) is 5.59. The van der Waals surface area contributed by atoms with Crippen LogP contribution in [0, 0.1) is 12.9 Å². The van der Waals surface area contributed by atoms with Crippen molar-refractivity contribution in [3.63, 3.8) is 0 Å². The lowest BCUT2D eigenvalue weighted by atomic mass is 9.95. The van der Waals surface area contributed by atoms with Crippen molar-refractivity contribution in [2.45, 2.75) is 32.1 Å². The van der Waals surface area contributed by atoms with Gasteiger partial charge in [-0.1, -0.05) is 18.2 Å². The molecule has 2 aliphatic heterocycles. The van der Waals surface area contributed by atoms with Gasteiger partial charge in [-0.15, -0.1) is 0 Å². The predicted octanol–water partition coefficient (Wildman–Crippen LogP) is 4.04. The van der Waals surface area contributed by atoms with Gasteiger partial charge in [0, 0.05) is 61.7 Å². The van der Waals surface area contributed by atoms with Crippen molar-refractivity contribution in [2.24, 2.45) is 0 Å². The molecule has 0 saturated carbocycles. The number of anilines is 1. The maximum Gasteiger partial charge on any atom is 0.320 e. The number of carbonyl (C=O) groups excluding carboxylic acids is 1. The van der Waals surface area contributed by atoms with Gasteiger partial charge in [-0.25, -0.2) is 14.5 Å². The molecule has 5 heterocycles. The Bertz CT molecular complexity index is 1540. The summed E-state index contributed by atoms with van der Waals surface area (Å²) in [5, 5.41) is 11.1. The topological polar surface area (TPSA) is 106 Å². The number of amides is 2. The first-order valence-corrected chi connectivity index (χ1v) is 13.6. The summed E-state index contributed by atoms with van der Waals surface area (Å²) in [5.74, 6) is -0.0877. The van der Waals surface area contributed by atoms with Gasteiger partial charge in [0.05, 0.1) is 42.9 Å². The number of pyridine rings is 2. The number of rotatable bonds is 8. The summed E-state index contributed by atoms with van der Waals surface area (Å²) in [5.41, 5.74) is 5.98. The maximum absolute atomic E-state index is 14.0. The number of nitrogens with one attached hydrogen (secondary N) is 2. The van der Waals surface area contributed by atoms with Crippen molar-refractivity contribution < 1.29 is 18.7 Å². The second-order valence-electron chi connectivity index (χ2n) is 10.4. The Morgan fingerprint density at radius 1 is 1.15 bits per heavy atom. The first-order chi connectivity index (χ1) is 20.0. The van der Waals surface area contributed by atoms with Crippen molar-refractivity contribution in [1.29, 1.82) is 0 Å². The van der Waals surface area contributed by atoms with Gasteiger partial charge in [-0.3, -0.25) is 15.2 Å². The molecule has 1 saturated heterocycles. The molecule has 41 heavy (non-hydrogen) atoms. The fourth-order valence-electron chi connectivity index (χ4n) is 5.59. The third kappa shape index (κ3) is 5.69. The highest BCUT2D eigenvalue weighted by Gasteiger charge is 2.35. The Morgan fingerprint density at radius 3 is 2.80 bits per heavy atom. The van der Waals surface area contributed by atoms with E-state index in [-0.39, 0.29) is 18.0 Å². The minimum atomic E-state index is -0.538. The average molecular weight is 558 g/mol. The van der Waals surface area contributed by atoms with Crippen LogP contribution < -0.4 is 10.6 Å². The summed E-state index contributed by atoms with van der Waals surface area (Å²) in [6.07, 6.45) is 3.26. The van der Waals surface area contributed by atoms with Crippen LogP contribution in [0.4, 0.5) is 15.0 Å². The first-order valence-electron chi connectivity index (χ1n) is 13.6. The molecule has 2 amide bonds. The highest BCUT2D eigenvalue weighted by atomic mass is 19.1. The number of methoxy groups -OCH3 is 1. The van der Waals surface area contributed by atoms with Crippen LogP contribution in [0.25, 0.3) is 16.9 Å². The number of ether oxygens (including phenoxy) is 2. The molecular formula is C30H32FN7O3. The molecule has 0 radical (unpaired) electrons. The summed E-state index contributed by atoms with van der Waals surface area (Å²) >= 11 is 0. The van der Waals surface area contributed by atoms with E-state index < -0.39 is 5.95 Å². The van der Waals surface area contributed by atoms with Crippen LogP contribution in [0.1, 0.15) is 28.3 Å².